The van der Waals surface area contributed by atoms with Crippen LogP contribution in [0.1, 0.15) is 48.4 Å². The minimum Gasteiger partial charge on any atom is -0.326 e. The summed E-state index contributed by atoms with van der Waals surface area (Å²) >= 11 is 0. The minimum atomic E-state index is -3.80. The van der Waals surface area contributed by atoms with Gasteiger partial charge in [0.15, 0.2) is 15.6 Å². The summed E-state index contributed by atoms with van der Waals surface area (Å²) in [6.07, 6.45) is -0.732. The van der Waals surface area contributed by atoms with Gasteiger partial charge in [0.05, 0.1) is 28.3 Å². The highest BCUT2D eigenvalue weighted by Crippen LogP contribution is 2.41. The standard InChI is InChI=1S/C23H19F2N3O4S/c1-33(31,32)19-10-13(12-26)8-9-16(19)21-20-17(6-3-7-18(20)29)28(23(30)27-21)15-5-2-4-14(11-15)22(24)25/h2,4-5,8-11,21-22H,3,6-7H2,1H3,(H,27,30)/t21-/m1/s1. The average Bonchev–Trinajstić information content (AvgIpc) is 2.77. The summed E-state index contributed by atoms with van der Waals surface area (Å²) in [5.74, 6) is -0.264. The maximum absolute atomic E-state index is 13.2. The number of anilines is 1. The SMILES string of the molecule is CS(=O)(=O)c1cc(C#N)ccc1[C@H]1NC(=O)N(c2cccc(C(F)F)c2)C2=C1C(=O)CCC2. The van der Waals surface area contributed by atoms with Gasteiger partial charge >= 0.3 is 6.03 Å². The number of amides is 2. The third-order valence-corrected chi connectivity index (χ3v) is 6.84. The second kappa shape index (κ2) is 8.41. The lowest BCUT2D eigenvalue weighted by Crippen LogP contribution is -2.49. The first kappa shape index (κ1) is 22.6. The molecule has 2 aliphatic rings. The number of nitrogens with zero attached hydrogens (tertiary/aromatic N) is 2. The Kier molecular flexibility index (Phi) is 5.76. The lowest BCUT2D eigenvalue weighted by Gasteiger charge is -2.39. The Hall–Kier alpha value is -3.58. The number of sulfone groups is 1. The van der Waals surface area contributed by atoms with Crippen molar-refractivity contribution in [1.82, 2.24) is 5.32 Å². The van der Waals surface area contributed by atoms with Gasteiger partial charge in [-0.1, -0.05) is 18.2 Å². The van der Waals surface area contributed by atoms with Gasteiger partial charge in [0, 0.05) is 29.5 Å². The molecule has 0 unspecified atom stereocenters. The summed E-state index contributed by atoms with van der Waals surface area (Å²) in [6.45, 7) is 0. The van der Waals surface area contributed by atoms with E-state index in [9.17, 15) is 32.0 Å². The Morgan fingerprint density at radius 2 is 1.91 bits per heavy atom. The zero-order valence-electron chi connectivity index (χ0n) is 17.5. The molecule has 2 aromatic carbocycles. The van der Waals surface area contributed by atoms with Gasteiger partial charge in [-0.2, -0.15) is 5.26 Å². The van der Waals surface area contributed by atoms with Crippen LogP contribution in [0.2, 0.25) is 0 Å². The van der Waals surface area contributed by atoms with Crippen LogP contribution in [-0.4, -0.2) is 26.5 Å². The summed E-state index contributed by atoms with van der Waals surface area (Å²) in [4.78, 5) is 27.2. The van der Waals surface area contributed by atoms with Crippen LogP contribution in [0.25, 0.3) is 0 Å². The molecule has 1 heterocycles. The number of halogens is 2. The van der Waals surface area contributed by atoms with Crippen molar-refractivity contribution in [2.75, 3.05) is 11.2 Å². The van der Waals surface area contributed by atoms with Gasteiger partial charge in [-0.3, -0.25) is 9.69 Å². The number of urea groups is 1. The number of carbonyl (C=O) groups excluding carboxylic acids is 2. The molecule has 4 rings (SSSR count). The van der Waals surface area contributed by atoms with Crippen LogP contribution in [0, 0.1) is 11.3 Å². The van der Waals surface area contributed by atoms with E-state index in [1.807, 2.05) is 6.07 Å². The first-order valence-electron chi connectivity index (χ1n) is 10.1. The molecule has 0 fully saturated rings. The molecule has 1 aliphatic heterocycles. The molecule has 0 spiro atoms. The third kappa shape index (κ3) is 4.12. The van der Waals surface area contributed by atoms with Crippen LogP contribution in [0.3, 0.4) is 0 Å². The second-order valence-corrected chi connectivity index (χ2v) is 9.87. The first-order chi connectivity index (χ1) is 15.6. The van der Waals surface area contributed by atoms with Gasteiger partial charge < -0.3 is 5.32 Å². The van der Waals surface area contributed by atoms with Crippen molar-refractivity contribution in [2.45, 2.75) is 36.6 Å². The van der Waals surface area contributed by atoms with Crippen molar-refractivity contribution in [1.29, 1.82) is 5.26 Å². The number of rotatable bonds is 4. The number of alkyl halides is 2. The molecule has 1 aliphatic carbocycles. The van der Waals surface area contributed by atoms with E-state index in [0.717, 1.165) is 6.26 Å². The van der Waals surface area contributed by atoms with Gasteiger partial charge in [-0.25, -0.2) is 22.0 Å². The third-order valence-electron chi connectivity index (χ3n) is 5.69. The number of nitrogens with one attached hydrogen (secondary N) is 1. The molecule has 0 bridgehead atoms. The zero-order valence-corrected chi connectivity index (χ0v) is 18.3. The van der Waals surface area contributed by atoms with Crippen LogP contribution in [0.5, 0.6) is 0 Å². The summed E-state index contributed by atoms with van der Waals surface area (Å²) in [5, 5.41) is 11.9. The summed E-state index contributed by atoms with van der Waals surface area (Å²) in [6, 6.07) is 9.56. The van der Waals surface area contributed by atoms with Gasteiger partial charge in [0.2, 0.25) is 0 Å². The van der Waals surface area contributed by atoms with Crippen LogP contribution in [0.15, 0.2) is 58.6 Å². The van der Waals surface area contributed by atoms with E-state index < -0.39 is 28.3 Å². The van der Waals surface area contributed by atoms with E-state index in [0.29, 0.717) is 18.5 Å². The van der Waals surface area contributed by atoms with Crippen LogP contribution in [0.4, 0.5) is 19.3 Å². The quantitative estimate of drug-likeness (QED) is 0.720. The van der Waals surface area contributed by atoms with E-state index in [4.69, 9.17) is 0 Å². The lowest BCUT2D eigenvalue weighted by atomic mass is 9.84. The summed E-state index contributed by atoms with van der Waals surface area (Å²) in [5.41, 5.74) is 0.796. The molecule has 0 saturated heterocycles. The molecule has 0 radical (unpaired) electrons. The van der Waals surface area contributed by atoms with Crippen molar-refractivity contribution in [2.24, 2.45) is 0 Å². The number of ketones is 1. The molecule has 170 valence electrons. The highest BCUT2D eigenvalue weighted by Gasteiger charge is 2.41. The molecule has 33 heavy (non-hydrogen) atoms. The van der Waals surface area contributed by atoms with Gasteiger partial charge in [0.25, 0.3) is 6.43 Å². The zero-order chi connectivity index (χ0) is 23.9. The fourth-order valence-electron chi connectivity index (χ4n) is 4.26. The van der Waals surface area contributed by atoms with E-state index >= 15 is 0 Å². The molecule has 2 amide bonds. The van der Waals surface area contributed by atoms with Crippen molar-refractivity contribution >= 4 is 27.3 Å². The van der Waals surface area contributed by atoms with Crippen LogP contribution in [-0.2, 0) is 14.6 Å². The number of allylic oxidation sites excluding steroid dienone is 1. The van der Waals surface area contributed by atoms with Crippen molar-refractivity contribution in [3.05, 3.63) is 70.4 Å². The first-order valence-corrected chi connectivity index (χ1v) is 12.0. The normalized spacial score (nSPS) is 18.8. The van der Waals surface area contributed by atoms with Gasteiger partial charge in [-0.05, 0) is 42.7 Å². The van der Waals surface area contributed by atoms with E-state index in [1.54, 1.807) is 0 Å². The van der Waals surface area contributed by atoms with Crippen molar-refractivity contribution < 1.29 is 26.8 Å². The average molecular weight is 471 g/mol. The maximum Gasteiger partial charge on any atom is 0.327 e. The molecule has 10 heteroatoms. The number of Topliss-reactive ketones (excluding diaryl/α,β-unsaturated/α-hetero) is 1. The Labute approximate surface area is 189 Å². The fraction of sp³-hybridized carbons (Fsp3) is 0.261. The largest absolute Gasteiger partial charge is 0.327 e. The molecule has 0 saturated carbocycles. The monoisotopic (exact) mass is 471 g/mol. The predicted molar refractivity (Wildman–Crippen MR) is 115 cm³/mol. The highest BCUT2D eigenvalue weighted by atomic mass is 32.2. The molecule has 1 atom stereocenters. The number of carbonyl (C=O) groups is 2. The molecule has 1 N–H and O–H groups in total. The number of benzene rings is 2. The molecule has 7 nitrogen and oxygen atoms in total. The molecular weight excluding hydrogens is 452 g/mol. The Morgan fingerprint density at radius 3 is 2.58 bits per heavy atom. The van der Waals surface area contributed by atoms with Crippen molar-refractivity contribution in [3.8, 4) is 6.07 Å². The molecule has 0 aromatic heterocycles. The van der Waals surface area contributed by atoms with E-state index in [-0.39, 0.29) is 45.1 Å². The smallest absolute Gasteiger partial charge is 0.326 e. The Morgan fingerprint density at radius 1 is 1.15 bits per heavy atom. The van der Waals surface area contributed by atoms with Crippen LogP contribution >= 0.6 is 0 Å². The van der Waals surface area contributed by atoms with Crippen LogP contribution < -0.4 is 10.2 Å². The Balaban J connectivity index is 1.92. The number of hydrogen-bond acceptors (Lipinski definition) is 5. The van der Waals surface area contributed by atoms with Gasteiger partial charge in [-0.15, -0.1) is 0 Å². The molecular formula is C23H19F2N3O4S. The maximum atomic E-state index is 13.2. The highest BCUT2D eigenvalue weighted by molar-refractivity contribution is 7.90. The minimum absolute atomic E-state index is 0.121. The topological polar surface area (TPSA) is 107 Å². The van der Waals surface area contributed by atoms with E-state index in [2.05, 4.69) is 5.32 Å². The number of nitriles is 1. The second-order valence-electron chi connectivity index (χ2n) is 7.89. The molecule has 2 aromatic rings. The van der Waals surface area contributed by atoms with Gasteiger partial charge in [0.1, 0.15) is 0 Å². The Bertz CT molecular complexity index is 1350. The number of hydrogen-bond donors (Lipinski definition) is 1. The van der Waals surface area contributed by atoms with Crippen molar-refractivity contribution in [3.63, 3.8) is 0 Å². The lowest BCUT2D eigenvalue weighted by molar-refractivity contribution is -0.116. The summed E-state index contributed by atoms with van der Waals surface area (Å²) < 4.78 is 51.4. The fourth-order valence-corrected chi connectivity index (χ4v) is 5.21. The summed E-state index contributed by atoms with van der Waals surface area (Å²) in [7, 11) is -3.80. The van der Waals surface area contributed by atoms with E-state index in [1.165, 1.54) is 47.4 Å². The predicted octanol–water partition coefficient (Wildman–Crippen LogP) is 4.18.